The van der Waals surface area contributed by atoms with E-state index in [1.165, 1.54) is 30.6 Å². The lowest BCUT2D eigenvalue weighted by Gasteiger charge is -2.13. The van der Waals surface area contributed by atoms with Gasteiger partial charge in [-0.25, -0.2) is 17.7 Å². The molecule has 0 saturated heterocycles. The Balaban J connectivity index is 1.75. The van der Waals surface area contributed by atoms with Gasteiger partial charge in [0.2, 0.25) is 0 Å². The number of nitrogens with one attached hydrogen (secondary N) is 1. The monoisotopic (exact) mass is 397 g/mol. The fraction of sp³-hybridized carbons (Fsp3) is 0. The summed E-state index contributed by atoms with van der Waals surface area (Å²) in [5, 5.41) is 0. The molecule has 0 radical (unpaired) electrons. The molecule has 0 spiro atoms. The van der Waals surface area contributed by atoms with Crippen LogP contribution in [0.15, 0.2) is 71.9 Å². The van der Waals surface area contributed by atoms with Gasteiger partial charge in [0.25, 0.3) is 21.8 Å². The molecule has 1 aliphatic heterocycles. The third kappa shape index (κ3) is 2.91. The molecule has 0 bridgehead atoms. The van der Waals surface area contributed by atoms with E-state index in [9.17, 15) is 22.4 Å². The second-order valence-electron chi connectivity index (χ2n) is 5.94. The Morgan fingerprint density at radius 2 is 1.68 bits per heavy atom. The van der Waals surface area contributed by atoms with Gasteiger partial charge < -0.3 is 0 Å². The number of hydrogen-bond acceptors (Lipinski definition) is 5. The summed E-state index contributed by atoms with van der Waals surface area (Å²) < 4.78 is 40.6. The predicted molar refractivity (Wildman–Crippen MR) is 99.0 cm³/mol. The Morgan fingerprint density at radius 1 is 0.929 bits per heavy atom. The highest BCUT2D eigenvalue weighted by atomic mass is 32.2. The van der Waals surface area contributed by atoms with Gasteiger partial charge in [-0.2, -0.15) is 0 Å². The number of halogens is 1. The molecule has 0 atom stereocenters. The van der Waals surface area contributed by atoms with Crippen LogP contribution in [0.4, 0.5) is 15.8 Å². The predicted octanol–water partition coefficient (Wildman–Crippen LogP) is 2.82. The first-order valence-corrected chi connectivity index (χ1v) is 9.57. The largest absolute Gasteiger partial charge is 0.279 e. The fourth-order valence-electron chi connectivity index (χ4n) is 2.91. The van der Waals surface area contributed by atoms with Crippen molar-refractivity contribution < 1.29 is 22.4 Å². The molecule has 3 aromatic rings. The van der Waals surface area contributed by atoms with Crippen LogP contribution in [0.25, 0.3) is 0 Å². The van der Waals surface area contributed by atoms with Gasteiger partial charge in [-0.3, -0.25) is 19.3 Å². The molecule has 9 heteroatoms. The van der Waals surface area contributed by atoms with Gasteiger partial charge in [0, 0.05) is 6.20 Å². The van der Waals surface area contributed by atoms with Gasteiger partial charge >= 0.3 is 0 Å². The lowest BCUT2D eigenvalue weighted by Crippen LogP contribution is -2.29. The first-order chi connectivity index (χ1) is 13.4. The minimum Gasteiger partial charge on any atom is -0.279 e. The number of sulfonamides is 1. The maximum atomic E-state index is 13.1. The van der Waals surface area contributed by atoms with E-state index in [-0.39, 0.29) is 27.4 Å². The fourth-order valence-corrected chi connectivity index (χ4v) is 3.98. The summed E-state index contributed by atoms with van der Waals surface area (Å²) in [6.07, 6.45) is 2.87. The van der Waals surface area contributed by atoms with Gasteiger partial charge in [-0.1, -0.05) is 6.07 Å². The Labute approximate surface area is 159 Å². The molecule has 2 aromatic carbocycles. The van der Waals surface area contributed by atoms with Gasteiger partial charge in [0.1, 0.15) is 5.82 Å². The number of anilines is 2. The number of carbonyl (C=O) groups excluding carboxylic acids is 2. The third-order valence-corrected chi connectivity index (χ3v) is 5.57. The van der Waals surface area contributed by atoms with Crippen molar-refractivity contribution in [3.63, 3.8) is 0 Å². The van der Waals surface area contributed by atoms with E-state index in [2.05, 4.69) is 9.71 Å². The topological polar surface area (TPSA) is 96.4 Å². The van der Waals surface area contributed by atoms with Crippen molar-refractivity contribution in [2.75, 3.05) is 9.62 Å². The Hall–Kier alpha value is -3.59. The van der Waals surface area contributed by atoms with Gasteiger partial charge in [0.15, 0.2) is 0 Å². The maximum absolute atomic E-state index is 13.1. The molecule has 1 N–H and O–H groups in total. The van der Waals surface area contributed by atoms with Crippen molar-refractivity contribution in [1.82, 2.24) is 4.98 Å². The van der Waals surface area contributed by atoms with Crippen LogP contribution in [0.1, 0.15) is 20.7 Å². The van der Waals surface area contributed by atoms with Crippen LogP contribution in [-0.2, 0) is 10.0 Å². The number of pyridine rings is 1. The van der Waals surface area contributed by atoms with Crippen LogP contribution < -0.4 is 9.62 Å². The molecule has 28 heavy (non-hydrogen) atoms. The van der Waals surface area contributed by atoms with E-state index in [1.54, 1.807) is 12.1 Å². The molecular formula is C19H12FN3O4S. The highest BCUT2D eigenvalue weighted by Gasteiger charge is 2.39. The zero-order valence-corrected chi connectivity index (χ0v) is 15.0. The highest BCUT2D eigenvalue weighted by Crippen LogP contribution is 2.33. The van der Waals surface area contributed by atoms with Crippen molar-refractivity contribution in [3.05, 3.63) is 83.9 Å². The number of carbonyl (C=O) groups is 2. The average Bonchev–Trinajstić information content (AvgIpc) is 2.94. The molecule has 0 unspecified atom stereocenters. The Morgan fingerprint density at radius 3 is 2.36 bits per heavy atom. The summed E-state index contributed by atoms with van der Waals surface area (Å²) >= 11 is 0. The zero-order valence-electron chi connectivity index (χ0n) is 14.2. The normalized spacial score (nSPS) is 13.5. The number of hydrogen-bond donors (Lipinski definition) is 1. The first kappa shape index (κ1) is 17.8. The van der Waals surface area contributed by atoms with Crippen molar-refractivity contribution in [2.24, 2.45) is 0 Å². The summed E-state index contributed by atoms with van der Waals surface area (Å²) in [4.78, 5) is 30.2. The summed E-state index contributed by atoms with van der Waals surface area (Å²) in [5.74, 6) is -1.81. The van der Waals surface area contributed by atoms with Crippen LogP contribution in [0, 0.1) is 5.82 Å². The van der Waals surface area contributed by atoms with Gasteiger partial charge in [-0.15, -0.1) is 0 Å². The second kappa shape index (κ2) is 6.54. The maximum Gasteiger partial charge on any atom is 0.268 e. The standard InChI is InChI=1S/C19H12FN3O4S/c20-12-6-8-14(9-7-12)28(26,27)22-16-5-1-4-15-17(16)19(25)23(18(15)24)13-3-2-10-21-11-13/h1-11,22H. The number of imide groups is 1. The van der Waals surface area contributed by atoms with Crippen LogP contribution in [0.3, 0.4) is 0 Å². The molecule has 4 rings (SSSR count). The van der Waals surface area contributed by atoms with E-state index >= 15 is 0 Å². The van der Waals surface area contributed by atoms with Crippen molar-refractivity contribution in [2.45, 2.75) is 4.90 Å². The number of amides is 2. The van der Waals surface area contributed by atoms with Gasteiger partial charge in [0.05, 0.1) is 33.6 Å². The Bertz CT molecular complexity index is 1200. The van der Waals surface area contributed by atoms with Crippen molar-refractivity contribution in [1.29, 1.82) is 0 Å². The number of benzene rings is 2. The molecule has 140 valence electrons. The lowest BCUT2D eigenvalue weighted by molar-refractivity contribution is 0.0926. The molecule has 0 saturated carbocycles. The molecule has 7 nitrogen and oxygen atoms in total. The van der Waals surface area contributed by atoms with E-state index in [4.69, 9.17) is 0 Å². The van der Waals surface area contributed by atoms with Crippen molar-refractivity contribution in [3.8, 4) is 0 Å². The van der Waals surface area contributed by atoms with Crippen LogP contribution in [-0.4, -0.2) is 25.2 Å². The van der Waals surface area contributed by atoms with E-state index < -0.39 is 27.7 Å². The SMILES string of the molecule is O=C1c2cccc(NS(=O)(=O)c3ccc(F)cc3)c2C(=O)N1c1cccnc1. The quantitative estimate of drug-likeness (QED) is 0.683. The summed E-state index contributed by atoms with van der Waals surface area (Å²) in [6.45, 7) is 0. The third-order valence-electron chi connectivity index (χ3n) is 4.19. The number of nitrogens with zero attached hydrogens (tertiary/aromatic N) is 2. The summed E-state index contributed by atoms with van der Waals surface area (Å²) in [5.41, 5.74) is 0.266. The second-order valence-corrected chi connectivity index (χ2v) is 7.63. The Kier molecular flexibility index (Phi) is 4.16. The molecule has 2 amide bonds. The molecule has 1 aliphatic rings. The van der Waals surface area contributed by atoms with Crippen LogP contribution in [0.5, 0.6) is 0 Å². The lowest BCUT2D eigenvalue weighted by atomic mass is 10.1. The number of fused-ring (bicyclic) bond motifs is 1. The smallest absolute Gasteiger partial charge is 0.268 e. The molecule has 2 heterocycles. The highest BCUT2D eigenvalue weighted by molar-refractivity contribution is 7.92. The number of aromatic nitrogens is 1. The minimum absolute atomic E-state index is 0.0356. The molecular weight excluding hydrogens is 385 g/mol. The summed E-state index contributed by atoms with van der Waals surface area (Å²) in [6, 6.07) is 11.7. The first-order valence-electron chi connectivity index (χ1n) is 8.09. The molecule has 1 aromatic heterocycles. The van der Waals surface area contributed by atoms with E-state index in [0.29, 0.717) is 0 Å². The summed E-state index contributed by atoms with van der Waals surface area (Å²) in [7, 11) is -4.09. The number of rotatable bonds is 4. The van der Waals surface area contributed by atoms with Crippen LogP contribution in [0.2, 0.25) is 0 Å². The minimum atomic E-state index is -4.09. The molecule has 0 fully saturated rings. The average molecular weight is 397 g/mol. The zero-order chi connectivity index (χ0) is 19.9. The van der Waals surface area contributed by atoms with Gasteiger partial charge in [-0.05, 0) is 48.5 Å². The molecule has 0 aliphatic carbocycles. The van der Waals surface area contributed by atoms with E-state index in [1.807, 2.05) is 0 Å². The van der Waals surface area contributed by atoms with Crippen molar-refractivity contribution >= 4 is 33.2 Å². The van der Waals surface area contributed by atoms with Crippen LogP contribution >= 0.6 is 0 Å². The van der Waals surface area contributed by atoms with E-state index in [0.717, 1.165) is 29.2 Å².